The highest BCUT2D eigenvalue weighted by atomic mass is 35.5. The summed E-state index contributed by atoms with van der Waals surface area (Å²) in [7, 11) is 0. The maximum atomic E-state index is 6.07. The Balaban J connectivity index is 1.57. The molecule has 0 aliphatic rings. The van der Waals surface area contributed by atoms with Gasteiger partial charge in [-0.1, -0.05) is 53.2 Å². The van der Waals surface area contributed by atoms with Crippen LogP contribution >= 0.6 is 35.0 Å². The van der Waals surface area contributed by atoms with E-state index in [1.807, 2.05) is 34.9 Å². The number of halogens is 2. The summed E-state index contributed by atoms with van der Waals surface area (Å²) in [6.07, 6.45) is 1.70. The van der Waals surface area contributed by atoms with Crippen LogP contribution in [-0.4, -0.2) is 27.1 Å². The molecule has 0 aliphatic heterocycles. The fourth-order valence-electron chi connectivity index (χ4n) is 1.97. The zero-order valence-corrected chi connectivity index (χ0v) is 14.4. The van der Waals surface area contributed by atoms with Gasteiger partial charge in [0, 0.05) is 16.5 Å². The molecule has 0 spiro atoms. The molecule has 0 N–H and O–H groups in total. The van der Waals surface area contributed by atoms with Gasteiger partial charge < -0.3 is 4.74 Å². The molecular weight excluding hydrogens is 353 g/mol. The van der Waals surface area contributed by atoms with E-state index in [1.54, 1.807) is 36.3 Å². The van der Waals surface area contributed by atoms with Crippen molar-refractivity contribution < 1.29 is 4.74 Å². The lowest BCUT2D eigenvalue weighted by atomic mass is 10.3. The molecule has 0 atom stereocenters. The topological polar surface area (TPSA) is 39.9 Å². The Morgan fingerprint density at radius 2 is 1.91 bits per heavy atom. The van der Waals surface area contributed by atoms with Gasteiger partial charge in [0.05, 0.1) is 11.6 Å². The van der Waals surface area contributed by atoms with Crippen LogP contribution in [0.5, 0.6) is 5.75 Å². The monoisotopic (exact) mass is 365 g/mol. The Labute approximate surface area is 148 Å². The SMILES string of the molecule is Clc1ccc(OCCSc2nncn2-c2ccccc2)c(Cl)c1. The summed E-state index contributed by atoms with van der Waals surface area (Å²) < 4.78 is 7.61. The van der Waals surface area contributed by atoms with Gasteiger partial charge in [-0.2, -0.15) is 0 Å². The van der Waals surface area contributed by atoms with Gasteiger partial charge in [0.2, 0.25) is 0 Å². The van der Waals surface area contributed by atoms with E-state index in [2.05, 4.69) is 10.2 Å². The third-order valence-electron chi connectivity index (χ3n) is 3.02. The van der Waals surface area contributed by atoms with E-state index in [-0.39, 0.29) is 0 Å². The second-order valence-corrected chi connectivity index (χ2v) is 6.50. The van der Waals surface area contributed by atoms with Gasteiger partial charge >= 0.3 is 0 Å². The van der Waals surface area contributed by atoms with E-state index >= 15 is 0 Å². The number of aromatic nitrogens is 3. The molecule has 0 amide bonds. The molecule has 0 saturated carbocycles. The first-order chi connectivity index (χ1) is 11.2. The molecule has 23 heavy (non-hydrogen) atoms. The predicted molar refractivity (Wildman–Crippen MR) is 94.0 cm³/mol. The normalized spacial score (nSPS) is 10.7. The van der Waals surface area contributed by atoms with Crippen LogP contribution in [0.3, 0.4) is 0 Å². The van der Waals surface area contributed by atoms with Crippen molar-refractivity contribution in [3.05, 3.63) is 64.9 Å². The number of hydrogen-bond acceptors (Lipinski definition) is 4. The minimum absolute atomic E-state index is 0.508. The lowest BCUT2D eigenvalue weighted by Gasteiger charge is -2.08. The number of thioether (sulfide) groups is 1. The second kappa shape index (κ2) is 7.73. The molecule has 1 aromatic heterocycles. The van der Waals surface area contributed by atoms with Gasteiger partial charge in [0.25, 0.3) is 0 Å². The molecule has 1 heterocycles. The molecule has 0 unspecified atom stereocenters. The summed E-state index contributed by atoms with van der Waals surface area (Å²) in [4.78, 5) is 0. The largest absolute Gasteiger partial charge is 0.491 e. The average molecular weight is 366 g/mol. The molecule has 0 fully saturated rings. The number of benzene rings is 2. The summed E-state index contributed by atoms with van der Waals surface area (Å²) >= 11 is 13.5. The number of ether oxygens (including phenoxy) is 1. The van der Waals surface area contributed by atoms with Crippen molar-refractivity contribution >= 4 is 35.0 Å². The zero-order chi connectivity index (χ0) is 16.1. The van der Waals surface area contributed by atoms with Crippen LogP contribution in [0.25, 0.3) is 5.69 Å². The van der Waals surface area contributed by atoms with Gasteiger partial charge in [-0.15, -0.1) is 10.2 Å². The fraction of sp³-hybridized carbons (Fsp3) is 0.125. The van der Waals surface area contributed by atoms with Crippen molar-refractivity contribution in [1.29, 1.82) is 0 Å². The maximum absolute atomic E-state index is 6.07. The van der Waals surface area contributed by atoms with Crippen LogP contribution in [0.4, 0.5) is 0 Å². The fourth-order valence-corrected chi connectivity index (χ4v) is 3.17. The second-order valence-electron chi connectivity index (χ2n) is 4.59. The van der Waals surface area contributed by atoms with Crippen molar-refractivity contribution in [2.45, 2.75) is 5.16 Å². The van der Waals surface area contributed by atoms with E-state index in [0.717, 1.165) is 16.6 Å². The summed E-state index contributed by atoms with van der Waals surface area (Å²) in [5, 5.41) is 10.0. The molecular formula is C16H13Cl2N3OS. The molecule has 3 aromatic rings. The lowest BCUT2D eigenvalue weighted by Crippen LogP contribution is -2.02. The molecule has 118 valence electrons. The first-order valence-electron chi connectivity index (χ1n) is 6.90. The first-order valence-corrected chi connectivity index (χ1v) is 8.64. The molecule has 0 aliphatic carbocycles. The third kappa shape index (κ3) is 4.19. The Bertz CT molecular complexity index is 780. The van der Waals surface area contributed by atoms with Gasteiger partial charge in [-0.3, -0.25) is 4.57 Å². The lowest BCUT2D eigenvalue weighted by molar-refractivity contribution is 0.344. The Hall–Kier alpha value is -1.69. The van der Waals surface area contributed by atoms with Crippen LogP contribution < -0.4 is 4.74 Å². The van der Waals surface area contributed by atoms with Gasteiger partial charge in [0.1, 0.15) is 12.1 Å². The number of rotatable bonds is 6. The van der Waals surface area contributed by atoms with Crippen LogP contribution in [-0.2, 0) is 0 Å². The Kier molecular flexibility index (Phi) is 5.43. The Morgan fingerprint density at radius 3 is 2.70 bits per heavy atom. The van der Waals surface area contributed by atoms with Crippen LogP contribution in [0.2, 0.25) is 10.0 Å². The summed E-state index contributed by atoms with van der Waals surface area (Å²) in [6.45, 7) is 0.508. The highest BCUT2D eigenvalue weighted by molar-refractivity contribution is 7.99. The number of hydrogen-bond donors (Lipinski definition) is 0. The van der Waals surface area contributed by atoms with Crippen molar-refractivity contribution in [1.82, 2.24) is 14.8 Å². The van der Waals surface area contributed by atoms with Crippen LogP contribution in [0, 0.1) is 0 Å². The third-order valence-corrected chi connectivity index (χ3v) is 4.45. The molecule has 0 radical (unpaired) electrons. The van der Waals surface area contributed by atoms with E-state index in [0.29, 0.717) is 22.4 Å². The minimum atomic E-state index is 0.508. The highest BCUT2D eigenvalue weighted by Crippen LogP contribution is 2.28. The van der Waals surface area contributed by atoms with Gasteiger partial charge in [0.15, 0.2) is 5.16 Å². The van der Waals surface area contributed by atoms with E-state index < -0.39 is 0 Å². The Morgan fingerprint density at radius 1 is 1.09 bits per heavy atom. The number of nitrogens with zero attached hydrogens (tertiary/aromatic N) is 3. The summed E-state index contributed by atoms with van der Waals surface area (Å²) in [6, 6.07) is 15.1. The molecule has 2 aromatic carbocycles. The molecule has 3 rings (SSSR count). The molecule has 7 heteroatoms. The molecule has 0 bridgehead atoms. The zero-order valence-electron chi connectivity index (χ0n) is 12.0. The number of para-hydroxylation sites is 1. The maximum Gasteiger partial charge on any atom is 0.195 e. The predicted octanol–water partition coefficient (Wildman–Crippen LogP) is 4.75. The van der Waals surface area contributed by atoms with Crippen molar-refractivity contribution in [3.8, 4) is 11.4 Å². The van der Waals surface area contributed by atoms with Gasteiger partial charge in [-0.05, 0) is 30.3 Å². The molecule has 4 nitrogen and oxygen atoms in total. The van der Waals surface area contributed by atoms with Crippen LogP contribution in [0.1, 0.15) is 0 Å². The van der Waals surface area contributed by atoms with Crippen LogP contribution in [0.15, 0.2) is 60.0 Å². The quantitative estimate of drug-likeness (QED) is 0.466. The van der Waals surface area contributed by atoms with E-state index in [1.165, 1.54) is 0 Å². The van der Waals surface area contributed by atoms with Crippen molar-refractivity contribution in [2.24, 2.45) is 0 Å². The van der Waals surface area contributed by atoms with Gasteiger partial charge in [-0.25, -0.2) is 0 Å². The summed E-state index contributed by atoms with van der Waals surface area (Å²) in [5.41, 5.74) is 1.03. The highest BCUT2D eigenvalue weighted by Gasteiger charge is 2.07. The van der Waals surface area contributed by atoms with E-state index in [9.17, 15) is 0 Å². The minimum Gasteiger partial charge on any atom is -0.491 e. The van der Waals surface area contributed by atoms with E-state index in [4.69, 9.17) is 27.9 Å². The summed E-state index contributed by atoms with van der Waals surface area (Å²) in [5.74, 6) is 1.35. The average Bonchev–Trinajstić information content (AvgIpc) is 3.02. The van der Waals surface area contributed by atoms with Crippen molar-refractivity contribution in [2.75, 3.05) is 12.4 Å². The smallest absolute Gasteiger partial charge is 0.195 e. The standard InChI is InChI=1S/C16H13Cl2N3OS/c17-12-6-7-15(14(18)10-12)22-8-9-23-16-20-19-11-21(16)13-4-2-1-3-5-13/h1-7,10-11H,8-9H2. The first kappa shape index (κ1) is 16.2. The van der Waals surface area contributed by atoms with Crippen molar-refractivity contribution in [3.63, 3.8) is 0 Å². The molecule has 0 saturated heterocycles.